The second kappa shape index (κ2) is 19.4. The first kappa shape index (κ1) is 46.9. The molecule has 0 radical (unpaired) electrons. The second-order valence-corrected chi connectivity index (χ2v) is 19.6. The third-order valence-corrected chi connectivity index (χ3v) is 15.5. The lowest BCUT2D eigenvalue weighted by atomic mass is 9.67. The fourth-order valence-electron chi connectivity index (χ4n) is 12.2. The number of Topliss-reactive ketones (excluding diaryl/α,β-unsaturated/α-hetero) is 2. The van der Waals surface area contributed by atoms with Crippen LogP contribution < -0.4 is 9.47 Å². The number of rotatable bonds is 12. The smallest absolute Gasteiger partial charge is 0.195 e. The van der Waals surface area contributed by atoms with Crippen LogP contribution in [0.1, 0.15) is 66.8 Å². The Kier molecular flexibility index (Phi) is 11.8. The van der Waals surface area contributed by atoms with Crippen molar-refractivity contribution in [1.29, 1.82) is 0 Å². The lowest BCUT2D eigenvalue weighted by Crippen LogP contribution is -2.29. The predicted molar refractivity (Wildman–Crippen MR) is 313 cm³/mol. The van der Waals surface area contributed by atoms with E-state index in [1.165, 1.54) is 0 Å². The summed E-state index contributed by atoms with van der Waals surface area (Å²) in [6.07, 6.45) is 0. The van der Waals surface area contributed by atoms with E-state index in [0.717, 1.165) is 112 Å². The SMILES string of the molecule is COc1ccc(C2(c3ccc(OC)cc3)c3cc(C4=C(c5ccccc5)C(=O)C(c5ccccc5)=C4c4ccccc4)ccc3-c3ccc(C4=C(c5ccccc5)C(=O)C(c5ccccc5)=C4c4ccccc4)cc32)cc1. The number of hydrogen-bond acceptors (Lipinski definition) is 4. The molecule has 10 aromatic carbocycles. The molecular formula is C73H50O4. The van der Waals surface area contributed by atoms with Gasteiger partial charge in [-0.2, -0.15) is 0 Å². The fourth-order valence-corrected chi connectivity index (χ4v) is 12.2. The molecular weight excluding hydrogens is 941 g/mol. The Hall–Kier alpha value is -9.90. The molecule has 0 saturated heterocycles. The molecule has 0 aromatic heterocycles. The molecule has 0 amide bonds. The van der Waals surface area contributed by atoms with Crippen molar-refractivity contribution >= 4 is 56.2 Å². The van der Waals surface area contributed by atoms with Gasteiger partial charge in [0.05, 0.1) is 19.6 Å². The Bertz CT molecular complexity index is 3790. The van der Waals surface area contributed by atoms with Crippen molar-refractivity contribution in [2.45, 2.75) is 5.41 Å². The zero-order valence-electron chi connectivity index (χ0n) is 42.5. The molecule has 0 aliphatic heterocycles. The summed E-state index contributed by atoms with van der Waals surface area (Å²) in [6.45, 7) is 0. The molecule has 0 spiro atoms. The van der Waals surface area contributed by atoms with Gasteiger partial charge in [-0.25, -0.2) is 0 Å². The molecule has 0 heterocycles. The normalized spacial score (nSPS) is 14.6. The number of benzene rings is 10. The monoisotopic (exact) mass is 990 g/mol. The van der Waals surface area contributed by atoms with Gasteiger partial charge < -0.3 is 9.47 Å². The zero-order chi connectivity index (χ0) is 52.0. The molecule has 10 aromatic rings. The van der Waals surface area contributed by atoms with Crippen LogP contribution in [-0.2, 0) is 15.0 Å². The summed E-state index contributed by atoms with van der Waals surface area (Å²) in [4.78, 5) is 31.1. The maximum atomic E-state index is 15.6. The van der Waals surface area contributed by atoms with Gasteiger partial charge in [-0.3, -0.25) is 9.59 Å². The highest BCUT2D eigenvalue weighted by Crippen LogP contribution is 2.60. The Morgan fingerprint density at radius 3 is 0.766 bits per heavy atom. The van der Waals surface area contributed by atoms with E-state index in [9.17, 15) is 0 Å². The van der Waals surface area contributed by atoms with Crippen LogP contribution in [0.5, 0.6) is 11.5 Å². The quantitative estimate of drug-likeness (QED) is 0.122. The van der Waals surface area contributed by atoms with Gasteiger partial charge in [-0.1, -0.05) is 231 Å². The first-order chi connectivity index (χ1) is 38.0. The highest BCUT2D eigenvalue weighted by Gasteiger charge is 2.48. The number of carbonyl (C=O) groups is 2. The minimum Gasteiger partial charge on any atom is -0.497 e. The highest BCUT2D eigenvalue weighted by atomic mass is 16.5. The van der Waals surface area contributed by atoms with E-state index in [-0.39, 0.29) is 11.6 Å². The largest absolute Gasteiger partial charge is 0.497 e. The fraction of sp³-hybridized carbons (Fsp3) is 0.0411. The average molecular weight is 991 g/mol. The van der Waals surface area contributed by atoms with Crippen LogP contribution in [0.25, 0.3) is 55.7 Å². The van der Waals surface area contributed by atoms with E-state index in [2.05, 4.69) is 84.9 Å². The zero-order valence-corrected chi connectivity index (χ0v) is 42.5. The van der Waals surface area contributed by atoms with Crippen molar-refractivity contribution in [2.75, 3.05) is 14.2 Å². The van der Waals surface area contributed by atoms with E-state index in [1.807, 2.05) is 182 Å². The molecule has 4 nitrogen and oxygen atoms in total. The third-order valence-electron chi connectivity index (χ3n) is 15.5. The van der Waals surface area contributed by atoms with Gasteiger partial charge in [0.2, 0.25) is 0 Å². The average Bonchev–Trinajstić information content (AvgIpc) is 4.20. The molecule has 13 rings (SSSR count). The van der Waals surface area contributed by atoms with E-state index >= 15 is 9.59 Å². The number of hydrogen-bond donors (Lipinski definition) is 0. The Morgan fingerprint density at radius 1 is 0.260 bits per heavy atom. The van der Waals surface area contributed by atoms with Gasteiger partial charge in [0.25, 0.3) is 0 Å². The molecule has 3 aliphatic carbocycles. The number of ether oxygens (including phenoxy) is 2. The first-order valence-corrected chi connectivity index (χ1v) is 26.0. The number of ketones is 2. The summed E-state index contributed by atoms with van der Waals surface area (Å²) in [5.74, 6) is 1.43. The van der Waals surface area contributed by atoms with Crippen LogP contribution in [-0.4, -0.2) is 25.8 Å². The molecule has 0 saturated carbocycles. The van der Waals surface area contributed by atoms with E-state index in [0.29, 0.717) is 22.3 Å². The molecule has 0 atom stereocenters. The minimum absolute atomic E-state index is 0.0213. The van der Waals surface area contributed by atoms with Crippen LogP contribution in [0.2, 0.25) is 0 Å². The first-order valence-electron chi connectivity index (χ1n) is 26.0. The molecule has 0 bridgehead atoms. The molecule has 0 unspecified atom stereocenters. The standard InChI is InChI=1S/C73H50O4/c1-76-57-39-35-55(36-40-57)73(56-37-41-58(77-2)42-38-56)61-45-53(65-63(47-21-9-3-10-22-47)67(49-25-13-5-14-26-49)71(74)69(65)51-29-17-7-18-30-51)33-43-59(61)60-44-34-54(46-62(60)73)66-64(48-23-11-4-12-24-48)68(50-27-15-6-16-28-50)72(75)70(66)52-31-19-8-20-32-52/h3-46H,1-2H3. The molecule has 4 heteroatoms. The van der Waals surface area contributed by atoms with E-state index in [4.69, 9.17) is 9.47 Å². The van der Waals surface area contributed by atoms with Crippen LogP contribution in [0.3, 0.4) is 0 Å². The third kappa shape index (κ3) is 7.68. The lowest BCUT2D eigenvalue weighted by molar-refractivity contribution is -0.109. The summed E-state index contributed by atoms with van der Waals surface area (Å²) < 4.78 is 11.7. The van der Waals surface area contributed by atoms with Crippen LogP contribution in [0, 0.1) is 0 Å². The molecule has 366 valence electrons. The summed E-state index contributed by atoms with van der Waals surface area (Å²) in [7, 11) is 3.38. The summed E-state index contributed by atoms with van der Waals surface area (Å²) >= 11 is 0. The molecule has 0 fully saturated rings. The molecule has 77 heavy (non-hydrogen) atoms. The lowest BCUT2D eigenvalue weighted by Gasteiger charge is -2.35. The summed E-state index contributed by atoms with van der Waals surface area (Å²) in [5.41, 5.74) is 18.6. The van der Waals surface area contributed by atoms with Crippen molar-refractivity contribution in [3.05, 3.63) is 334 Å². The highest BCUT2D eigenvalue weighted by molar-refractivity contribution is 6.60. The van der Waals surface area contributed by atoms with Crippen molar-refractivity contribution < 1.29 is 19.1 Å². The van der Waals surface area contributed by atoms with E-state index in [1.54, 1.807) is 14.2 Å². The summed E-state index contributed by atoms with van der Waals surface area (Å²) in [6, 6.07) is 91.3. The summed E-state index contributed by atoms with van der Waals surface area (Å²) in [5, 5.41) is 0. The maximum absolute atomic E-state index is 15.6. The van der Waals surface area contributed by atoms with Gasteiger partial charge in [0.15, 0.2) is 11.6 Å². The van der Waals surface area contributed by atoms with Crippen molar-refractivity contribution in [1.82, 2.24) is 0 Å². The van der Waals surface area contributed by atoms with Crippen molar-refractivity contribution in [3.63, 3.8) is 0 Å². The number of allylic oxidation sites excluding steroid dienone is 8. The Labute approximate surface area is 448 Å². The minimum atomic E-state index is -0.959. The molecule has 3 aliphatic rings. The van der Waals surface area contributed by atoms with Crippen LogP contribution >= 0.6 is 0 Å². The molecule has 0 N–H and O–H groups in total. The van der Waals surface area contributed by atoms with Gasteiger partial charge in [-0.15, -0.1) is 0 Å². The van der Waals surface area contributed by atoms with Crippen LogP contribution in [0.4, 0.5) is 0 Å². The Balaban J connectivity index is 1.14. The van der Waals surface area contributed by atoms with Gasteiger partial charge in [0.1, 0.15) is 11.5 Å². The number of methoxy groups -OCH3 is 2. The predicted octanol–water partition coefficient (Wildman–Crippen LogP) is 16.3. The van der Waals surface area contributed by atoms with Gasteiger partial charge >= 0.3 is 0 Å². The van der Waals surface area contributed by atoms with Crippen molar-refractivity contribution in [2.24, 2.45) is 0 Å². The second-order valence-electron chi connectivity index (χ2n) is 19.6. The van der Waals surface area contributed by atoms with Gasteiger partial charge in [0, 0.05) is 44.6 Å². The van der Waals surface area contributed by atoms with E-state index < -0.39 is 5.41 Å². The number of fused-ring (bicyclic) bond motifs is 3. The topological polar surface area (TPSA) is 52.6 Å². The van der Waals surface area contributed by atoms with Gasteiger partial charge in [-0.05, 0) is 114 Å². The maximum Gasteiger partial charge on any atom is 0.195 e. The Morgan fingerprint density at radius 2 is 0.506 bits per heavy atom. The van der Waals surface area contributed by atoms with Crippen LogP contribution in [0.15, 0.2) is 267 Å². The number of carbonyl (C=O) groups excluding carboxylic acids is 2. The van der Waals surface area contributed by atoms with Crippen molar-refractivity contribution in [3.8, 4) is 22.6 Å².